The Morgan fingerprint density at radius 1 is 1.12 bits per heavy atom. The van der Waals surface area contributed by atoms with Crippen molar-refractivity contribution >= 4 is 34.1 Å². The molecule has 0 unspecified atom stereocenters. The first kappa shape index (κ1) is 11.2. The van der Waals surface area contributed by atoms with Crippen LogP contribution in [0.25, 0.3) is 10.9 Å². The van der Waals surface area contributed by atoms with Crippen LogP contribution in [-0.4, -0.2) is 4.98 Å². The smallest absolute Gasteiger partial charge is 0.149 e. The van der Waals surface area contributed by atoms with Gasteiger partial charge in [0.05, 0.1) is 10.0 Å². The minimum Gasteiger partial charge on any atom is -0.249 e. The molecule has 1 heterocycles. The maximum absolute atomic E-state index is 13.7. The molecule has 1 aliphatic carbocycles. The van der Waals surface area contributed by atoms with E-state index < -0.39 is 0 Å². The molecule has 17 heavy (non-hydrogen) atoms. The van der Waals surface area contributed by atoms with Gasteiger partial charge >= 0.3 is 0 Å². The van der Waals surface area contributed by atoms with Gasteiger partial charge in [-0.3, -0.25) is 0 Å². The van der Waals surface area contributed by atoms with E-state index in [0.29, 0.717) is 20.9 Å². The molecule has 0 saturated carbocycles. The summed E-state index contributed by atoms with van der Waals surface area (Å²) in [5.41, 5.74) is 2.26. The third-order valence-electron chi connectivity index (χ3n) is 3.25. The lowest BCUT2D eigenvalue weighted by Crippen LogP contribution is -2.07. The molecule has 1 aliphatic rings. The van der Waals surface area contributed by atoms with Gasteiger partial charge in [-0.1, -0.05) is 23.2 Å². The molecule has 0 radical (unpaired) electrons. The largest absolute Gasteiger partial charge is 0.249 e. The average molecular weight is 270 g/mol. The number of aromatic nitrogens is 1. The third kappa shape index (κ3) is 1.71. The topological polar surface area (TPSA) is 12.9 Å². The second-order valence-electron chi connectivity index (χ2n) is 4.31. The van der Waals surface area contributed by atoms with E-state index in [0.717, 1.165) is 36.9 Å². The van der Waals surface area contributed by atoms with Crippen LogP contribution in [0.1, 0.15) is 24.1 Å². The van der Waals surface area contributed by atoms with Crippen molar-refractivity contribution in [1.82, 2.24) is 4.98 Å². The van der Waals surface area contributed by atoms with E-state index in [1.165, 1.54) is 12.1 Å². The molecular weight excluding hydrogens is 260 g/mol. The number of pyridine rings is 1. The van der Waals surface area contributed by atoms with E-state index in [9.17, 15) is 4.39 Å². The van der Waals surface area contributed by atoms with E-state index in [1.807, 2.05) is 0 Å². The Morgan fingerprint density at radius 2 is 1.88 bits per heavy atom. The lowest BCUT2D eigenvalue weighted by molar-refractivity contribution is 0.632. The molecule has 1 nitrogen and oxygen atoms in total. The molecular formula is C13H10Cl2FN. The highest BCUT2D eigenvalue weighted by Gasteiger charge is 2.20. The zero-order valence-electron chi connectivity index (χ0n) is 9.06. The summed E-state index contributed by atoms with van der Waals surface area (Å²) in [6.45, 7) is 0. The molecule has 0 bridgehead atoms. The number of hydrogen-bond acceptors (Lipinski definition) is 1. The highest BCUT2D eigenvalue weighted by atomic mass is 35.5. The normalized spacial score (nSPS) is 15.0. The molecule has 4 heteroatoms. The van der Waals surface area contributed by atoms with Gasteiger partial charge in [0.15, 0.2) is 0 Å². The monoisotopic (exact) mass is 269 g/mol. The van der Waals surface area contributed by atoms with Gasteiger partial charge in [0, 0.05) is 11.1 Å². The minimum absolute atomic E-state index is 0.295. The molecule has 3 rings (SSSR count). The fourth-order valence-electron chi connectivity index (χ4n) is 2.39. The van der Waals surface area contributed by atoms with Crippen molar-refractivity contribution < 1.29 is 4.39 Å². The van der Waals surface area contributed by atoms with Gasteiger partial charge in [-0.2, -0.15) is 0 Å². The number of hydrogen-bond donors (Lipinski definition) is 0. The molecule has 0 spiro atoms. The molecule has 0 fully saturated rings. The van der Waals surface area contributed by atoms with Crippen LogP contribution >= 0.6 is 23.2 Å². The Bertz CT molecular complexity index is 610. The predicted octanol–water partition coefficient (Wildman–Crippen LogP) is 4.56. The van der Waals surface area contributed by atoms with Gasteiger partial charge in [0.2, 0.25) is 0 Å². The fourth-order valence-corrected chi connectivity index (χ4v) is 3.08. The second-order valence-corrected chi connectivity index (χ2v) is 5.10. The number of nitrogens with zero attached hydrogens (tertiary/aromatic N) is 1. The zero-order chi connectivity index (χ0) is 12.0. The van der Waals surface area contributed by atoms with Gasteiger partial charge < -0.3 is 0 Å². The number of fused-ring (bicyclic) bond motifs is 2. The molecule has 2 aromatic rings. The van der Waals surface area contributed by atoms with Crippen molar-refractivity contribution in [3.05, 3.63) is 39.3 Å². The van der Waals surface area contributed by atoms with Gasteiger partial charge in [-0.15, -0.1) is 0 Å². The van der Waals surface area contributed by atoms with Crippen LogP contribution in [0, 0.1) is 5.82 Å². The van der Waals surface area contributed by atoms with Crippen molar-refractivity contribution in [3.8, 4) is 0 Å². The maximum Gasteiger partial charge on any atom is 0.149 e. The summed E-state index contributed by atoms with van der Waals surface area (Å²) in [6, 6.07) is 2.87. The summed E-state index contributed by atoms with van der Waals surface area (Å²) >= 11 is 12.4. The first-order valence-corrected chi connectivity index (χ1v) is 6.39. The summed E-state index contributed by atoms with van der Waals surface area (Å²) in [7, 11) is 0. The molecule has 88 valence electrons. The number of aryl methyl sites for hydroxylation is 1. The van der Waals surface area contributed by atoms with Gasteiger partial charge in [0.1, 0.15) is 11.3 Å². The Hall–Kier alpha value is -0.860. The predicted molar refractivity (Wildman–Crippen MR) is 68.4 cm³/mol. The van der Waals surface area contributed by atoms with Crippen molar-refractivity contribution in [2.45, 2.75) is 25.7 Å². The van der Waals surface area contributed by atoms with E-state index in [4.69, 9.17) is 23.2 Å². The Balaban J connectivity index is 2.44. The summed E-state index contributed by atoms with van der Waals surface area (Å²) < 4.78 is 13.7. The molecule has 0 amide bonds. The van der Waals surface area contributed by atoms with Crippen molar-refractivity contribution in [3.63, 3.8) is 0 Å². The van der Waals surface area contributed by atoms with Crippen LogP contribution in [0.5, 0.6) is 0 Å². The Kier molecular flexibility index (Phi) is 2.72. The Morgan fingerprint density at radius 3 is 2.71 bits per heavy atom. The first-order valence-electron chi connectivity index (χ1n) is 5.63. The average Bonchev–Trinajstić information content (AvgIpc) is 2.34. The van der Waals surface area contributed by atoms with E-state index in [1.54, 1.807) is 0 Å². The summed E-state index contributed by atoms with van der Waals surface area (Å²) in [6.07, 6.45) is 3.97. The molecule has 1 aromatic heterocycles. The summed E-state index contributed by atoms with van der Waals surface area (Å²) in [4.78, 5) is 4.39. The Labute approximate surface area is 109 Å². The van der Waals surface area contributed by atoms with Crippen LogP contribution in [0.4, 0.5) is 4.39 Å². The van der Waals surface area contributed by atoms with Crippen LogP contribution < -0.4 is 0 Å². The van der Waals surface area contributed by atoms with E-state index in [-0.39, 0.29) is 5.82 Å². The van der Waals surface area contributed by atoms with Gasteiger partial charge in [0.25, 0.3) is 0 Å². The van der Waals surface area contributed by atoms with Crippen LogP contribution in [0.2, 0.25) is 10.0 Å². The van der Waals surface area contributed by atoms with Crippen molar-refractivity contribution in [1.29, 1.82) is 0 Å². The molecule has 0 aliphatic heterocycles. The minimum atomic E-state index is -0.361. The van der Waals surface area contributed by atoms with Crippen molar-refractivity contribution in [2.24, 2.45) is 0 Å². The summed E-state index contributed by atoms with van der Waals surface area (Å²) in [5, 5.41) is 1.59. The quantitative estimate of drug-likeness (QED) is 0.683. The number of halogens is 3. The van der Waals surface area contributed by atoms with Crippen LogP contribution in [-0.2, 0) is 12.8 Å². The zero-order valence-corrected chi connectivity index (χ0v) is 10.6. The van der Waals surface area contributed by atoms with Gasteiger partial charge in [-0.05, 0) is 43.4 Å². The van der Waals surface area contributed by atoms with E-state index in [2.05, 4.69) is 4.98 Å². The molecule has 0 N–H and O–H groups in total. The molecule has 0 atom stereocenters. The van der Waals surface area contributed by atoms with Crippen molar-refractivity contribution in [2.75, 3.05) is 0 Å². The standard InChI is InChI=1S/C13H10Cl2FN/c14-8-5-6-9(16)13-11(8)12(15)7-3-1-2-4-10(7)17-13/h5-6H,1-4H2. The van der Waals surface area contributed by atoms with E-state index >= 15 is 0 Å². The van der Waals surface area contributed by atoms with Gasteiger partial charge in [-0.25, -0.2) is 9.37 Å². The molecule has 0 saturated heterocycles. The highest BCUT2D eigenvalue weighted by molar-refractivity contribution is 6.42. The summed E-state index contributed by atoms with van der Waals surface area (Å²) in [5.74, 6) is -0.361. The lowest BCUT2D eigenvalue weighted by atomic mass is 9.94. The van der Waals surface area contributed by atoms with Crippen LogP contribution in [0.15, 0.2) is 12.1 Å². The second kappa shape index (κ2) is 4.11. The van der Waals surface area contributed by atoms with Crippen LogP contribution in [0.3, 0.4) is 0 Å². The number of rotatable bonds is 0. The lowest BCUT2D eigenvalue weighted by Gasteiger charge is -2.18. The maximum atomic E-state index is 13.7. The third-order valence-corrected chi connectivity index (χ3v) is 3.98. The number of benzene rings is 1. The SMILES string of the molecule is Fc1ccc(Cl)c2c(Cl)c3c(nc12)CCCC3. The highest BCUT2D eigenvalue weighted by Crippen LogP contribution is 2.37. The molecule has 1 aromatic carbocycles. The fraction of sp³-hybridized carbons (Fsp3) is 0.308. The first-order chi connectivity index (χ1) is 8.18.